The van der Waals surface area contributed by atoms with E-state index in [0.29, 0.717) is 23.7 Å². The van der Waals surface area contributed by atoms with Crippen LogP contribution in [0.25, 0.3) is 0 Å². The highest BCUT2D eigenvalue weighted by Crippen LogP contribution is 2.24. The molecule has 5 nitrogen and oxygen atoms in total. The molecule has 1 fully saturated rings. The third-order valence-electron chi connectivity index (χ3n) is 6.01. The molecule has 1 saturated heterocycles. The number of hydrogen-bond donors (Lipinski definition) is 1. The van der Waals surface area contributed by atoms with Crippen LogP contribution in [0.5, 0.6) is 5.75 Å². The van der Waals surface area contributed by atoms with Gasteiger partial charge in [-0.25, -0.2) is 0 Å². The summed E-state index contributed by atoms with van der Waals surface area (Å²) in [5, 5.41) is 3.82. The molecule has 0 aromatic heterocycles. The number of piperidine rings is 1. The van der Waals surface area contributed by atoms with Crippen molar-refractivity contribution < 1.29 is 14.3 Å². The van der Waals surface area contributed by atoms with E-state index in [1.807, 2.05) is 38.1 Å². The maximum absolute atomic E-state index is 12.9. The minimum Gasteiger partial charge on any atom is -0.492 e. The topological polar surface area (TPSA) is 58.6 Å². The number of rotatable bonds is 9. The number of aryl methyl sites for hydroxylation is 1. The lowest BCUT2D eigenvalue weighted by Gasteiger charge is -2.34. The number of halogens is 1. The van der Waals surface area contributed by atoms with Crippen LogP contribution in [0.3, 0.4) is 0 Å². The Hall–Kier alpha value is -2.37. The fourth-order valence-electron chi connectivity index (χ4n) is 3.81. The lowest BCUT2D eigenvalue weighted by Crippen LogP contribution is -2.50. The van der Waals surface area contributed by atoms with Crippen LogP contribution < -0.4 is 10.1 Å². The fourth-order valence-corrected chi connectivity index (χ4v) is 3.93. The van der Waals surface area contributed by atoms with Crippen LogP contribution in [-0.4, -0.2) is 48.9 Å². The zero-order valence-electron chi connectivity index (χ0n) is 19.2. The Labute approximate surface area is 196 Å². The first-order valence-corrected chi connectivity index (χ1v) is 11.7. The summed E-state index contributed by atoms with van der Waals surface area (Å²) < 4.78 is 6.00. The molecule has 172 valence electrons. The number of carbonyl (C=O) groups excluding carboxylic acids is 2. The highest BCUT2D eigenvalue weighted by Gasteiger charge is 2.32. The van der Waals surface area contributed by atoms with Gasteiger partial charge in [-0.05, 0) is 69.0 Å². The largest absolute Gasteiger partial charge is 0.492 e. The van der Waals surface area contributed by atoms with Crippen molar-refractivity contribution in [2.75, 3.05) is 26.2 Å². The Morgan fingerprint density at radius 1 is 1.09 bits per heavy atom. The Balaban J connectivity index is 1.44. The van der Waals surface area contributed by atoms with Crippen molar-refractivity contribution in [1.29, 1.82) is 0 Å². The summed E-state index contributed by atoms with van der Waals surface area (Å²) in [4.78, 5) is 27.5. The SMILES string of the molecule is CCc1ccccc1OCC(C)(C)C(=O)NC1CCN(CC(=O)c2ccc(Cl)cc2)CC1. The fraction of sp³-hybridized carbons (Fsp3) is 0.462. The van der Waals surface area contributed by atoms with E-state index < -0.39 is 5.41 Å². The molecule has 0 aliphatic carbocycles. The maximum Gasteiger partial charge on any atom is 0.229 e. The van der Waals surface area contributed by atoms with Gasteiger partial charge in [-0.1, -0.05) is 36.7 Å². The van der Waals surface area contributed by atoms with Gasteiger partial charge in [0.25, 0.3) is 0 Å². The molecule has 1 heterocycles. The molecule has 1 aliphatic rings. The van der Waals surface area contributed by atoms with Crippen LogP contribution in [0, 0.1) is 5.41 Å². The lowest BCUT2D eigenvalue weighted by molar-refractivity contribution is -0.131. The second kappa shape index (κ2) is 11.0. The normalized spacial score (nSPS) is 15.4. The monoisotopic (exact) mass is 456 g/mol. The Bertz CT molecular complexity index is 919. The van der Waals surface area contributed by atoms with Crippen LogP contribution in [0.15, 0.2) is 48.5 Å². The van der Waals surface area contributed by atoms with Gasteiger partial charge >= 0.3 is 0 Å². The zero-order valence-corrected chi connectivity index (χ0v) is 20.0. The van der Waals surface area contributed by atoms with Crippen molar-refractivity contribution in [1.82, 2.24) is 10.2 Å². The van der Waals surface area contributed by atoms with Gasteiger partial charge in [-0.3, -0.25) is 14.5 Å². The quantitative estimate of drug-likeness (QED) is 0.552. The number of amides is 1. The summed E-state index contributed by atoms with van der Waals surface area (Å²) >= 11 is 5.90. The number of likely N-dealkylation sites (tertiary alicyclic amines) is 1. The predicted octanol–water partition coefficient (Wildman–Crippen LogP) is 4.77. The molecule has 32 heavy (non-hydrogen) atoms. The van der Waals surface area contributed by atoms with E-state index in [4.69, 9.17) is 16.3 Å². The molecule has 1 amide bonds. The van der Waals surface area contributed by atoms with E-state index in [2.05, 4.69) is 17.1 Å². The first-order valence-electron chi connectivity index (χ1n) is 11.3. The summed E-state index contributed by atoms with van der Waals surface area (Å²) in [6, 6.07) is 15.1. The summed E-state index contributed by atoms with van der Waals surface area (Å²) in [6.45, 7) is 8.20. The summed E-state index contributed by atoms with van der Waals surface area (Å²) in [5.41, 5.74) is 1.18. The number of carbonyl (C=O) groups is 2. The second-order valence-corrected chi connectivity index (χ2v) is 9.52. The molecule has 2 aromatic rings. The predicted molar refractivity (Wildman–Crippen MR) is 128 cm³/mol. The second-order valence-electron chi connectivity index (χ2n) is 9.09. The van der Waals surface area contributed by atoms with Crippen LogP contribution in [0.2, 0.25) is 5.02 Å². The molecule has 3 rings (SSSR count). The highest BCUT2D eigenvalue weighted by atomic mass is 35.5. The van der Waals surface area contributed by atoms with Gasteiger partial charge in [0, 0.05) is 29.7 Å². The number of nitrogens with one attached hydrogen (secondary N) is 1. The number of nitrogens with zero attached hydrogens (tertiary/aromatic N) is 1. The van der Waals surface area contributed by atoms with Crippen molar-refractivity contribution in [2.45, 2.75) is 46.1 Å². The Kier molecular flexibility index (Phi) is 8.32. The minimum atomic E-state index is -0.636. The van der Waals surface area contributed by atoms with E-state index in [1.54, 1.807) is 24.3 Å². The third-order valence-corrected chi connectivity index (χ3v) is 6.26. The van der Waals surface area contributed by atoms with Gasteiger partial charge in [0.05, 0.1) is 12.0 Å². The van der Waals surface area contributed by atoms with Gasteiger partial charge in [0.2, 0.25) is 5.91 Å². The van der Waals surface area contributed by atoms with E-state index in [1.165, 1.54) is 0 Å². The van der Waals surface area contributed by atoms with Crippen molar-refractivity contribution in [3.05, 3.63) is 64.7 Å². The van der Waals surface area contributed by atoms with Gasteiger partial charge < -0.3 is 10.1 Å². The Morgan fingerprint density at radius 3 is 2.41 bits per heavy atom. The number of benzene rings is 2. The van der Waals surface area contributed by atoms with Crippen molar-refractivity contribution in [3.8, 4) is 5.75 Å². The molecule has 2 aromatic carbocycles. The van der Waals surface area contributed by atoms with Crippen LogP contribution in [0.1, 0.15) is 49.5 Å². The van der Waals surface area contributed by atoms with Gasteiger partial charge in [-0.15, -0.1) is 0 Å². The van der Waals surface area contributed by atoms with Crippen molar-refractivity contribution in [3.63, 3.8) is 0 Å². The van der Waals surface area contributed by atoms with E-state index in [9.17, 15) is 9.59 Å². The molecule has 6 heteroatoms. The first kappa shape index (κ1) is 24.3. The number of ketones is 1. The molecule has 0 saturated carbocycles. The van der Waals surface area contributed by atoms with E-state index in [-0.39, 0.29) is 17.7 Å². The van der Waals surface area contributed by atoms with Crippen LogP contribution in [0.4, 0.5) is 0 Å². The van der Waals surface area contributed by atoms with Crippen molar-refractivity contribution in [2.24, 2.45) is 5.41 Å². The molecule has 1 N–H and O–H groups in total. The number of hydrogen-bond acceptors (Lipinski definition) is 4. The molecule has 0 unspecified atom stereocenters. The summed E-state index contributed by atoms with van der Waals surface area (Å²) in [5.74, 6) is 0.937. The molecule has 0 spiro atoms. The van der Waals surface area contributed by atoms with Crippen molar-refractivity contribution >= 4 is 23.3 Å². The third kappa shape index (κ3) is 6.57. The first-order chi connectivity index (χ1) is 15.3. The number of Topliss-reactive ketones (excluding diaryl/α,β-unsaturated/α-hetero) is 1. The van der Waals surface area contributed by atoms with E-state index in [0.717, 1.165) is 43.7 Å². The molecule has 1 aliphatic heterocycles. The molecular weight excluding hydrogens is 424 g/mol. The number of ether oxygens (including phenoxy) is 1. The average molecular weight is 457 g/mol. The molecule has 0 radical (unpaired) electrons. The molecular formula is C26H33ClN2O3. The van der Waals surface area contributed by atoms with E-state index >= 15 is 0 Å². The highest BCUT2D eigenvalue weighted by molar-refractivity contribution is 6.30. The standard InChI is InChI=1S/C26H33ClN2O3/c1-4-19-7-5-6-8-24(19)32-18-26(2,3)25(31)28-22-13-15-29(16-14-22)17-23(30)20-9-11-21(27)12-10-20/h5-12,22H,4,13-18H2,1-3H3,(H,28,31). The molecule has 0 bridgehead atoms. The smallest absolute Gasteiger partial charge is 0.229 e. The maximum atomic E-state index is 12.9. The Morgan fingerprint density at radius 2 is 1.75 bits per heavy atom. The molecule has 0 atom stereocenters. The number of para-hydroxylation sites is 1. The lowest BCUT2D eigenvalue weighted by atomic mass is 9.92. The van der Waals surface area contributed by atoms with Crippen LogP contribution >= 0.6 is 11.6 Å². The minimum absolute atomic E-state index is 0.00201. The van der Waals surface area contributed by atoms with Gasteiger partial charge in [0.15, 0.2) is 5.78 Å². The average Bonchev–Trinajstić information content (AvgIpc) is 2.79. The zero-order chi connectivity index (χ0) is 23.1. The van der Waals surface area contributed by atoms with Gasteiger partial charge in [0.1, 0.15) is 12.4 Å². The summed E-state index contributed by atoms with van der Waals surface area (Å²) in [6.07, 6.45) is 2.55. The summed E-state index contributed by atoms with van der Waals surface area (Å²) in [7, 11) is 0. The van der Waals surface area contributed by atoms with Gasteiger partial charge in [-0.2, -0.15) is 0 Å². The van der Waals surface area contributed by atoms with Crippen LogP contribution in [-0.2, 0) is 11.2 Å².